The molecule has 202 valence electrons. The maximum absolute atomic E-state index is 6.34. The summed E-state index contributed by atoms with van der Waals surface area (Å²) in [5, 5.41) is 10.4. The fourth-order valence-corrected chi connectivity index (χ4v) is 7.86. The number of hydrogen-bond donors (Lipinski definition) is 0. The van der Waals surface area contributed by atoms with E-state index in [1.54, 1.807) is 0 Å². The van der Waals surface area contributed by atoms with Crippen LogP contribution in [0.25, 0.3) is 82.1 Å². The number of para-hydroxylation sites is 2. The smallest absolute Gasteiger partial charge is 0.143 e. The molecule has 0 saturated heterocycles. The van der Waals surface area contributed by atoms with E-state index in [-0.39, 0.29) is 0 Å². The van der Waals surface area contributed by atoms with E-state index < -0.39 is 0 Å². The highest BCUT2D eigenvalue weighted by Gasteiger charge is 2.27. The van der Waals surface area contributed by atoms with Gasteiger partial charge in [-0.2, -0.15) is 0 Å². The minimum Gasteiger partial charge on any atom is -0.455 e. The highest BCUT2D eigenvalue weighted by molar-refractivity contribution is 6.27. The summed E-state index contributed by atoms with van der Waals surface area (Å²) in [5.41, 5.74) is 9.61. The SMILES string of the molecule is C1=CC2CCC(c3ccc4ccc5c(-c6ccc(-c7cccc8c7oc7ccccc78)cc6)ccc6ccc3c4c65)=CC12. The third-order valence-corrected chi connectivity index (χ3v) is 10.1. The van der Waals surface area contributed by atoms with Crippen LogP contribution in [0.4, 0.5) is 0 Å². The molecule has 0 saturated carbocycles. The average molecular weight is 549 g/mol. The van der Waals surface area contributed by atoms with Crippen molar-refractivity contribution >= 4 is 59.8 Å². The Morgan fingerprint density at radius 3 is 1.93 bits per heavy atom. The molecule has 1 nitrogen and oxygen atoms in total. The molecule has 2 aliphatic rings. The fourth-order valence-electron chi connectivity index (χ4n) is 7.86. The lowest BCUT2D eigenvalue weighted by Crippen LogP contribution is -2.20. The first kappa shape index (κ1) is 23.4. The van der Waals surface area contributed by atoms with E-state index in [2.05, 4.69) is 121 Å². The van der Waals surface area contributed by atoms with Crippen LogP contribution in [0.15, 0.2) is 138 Å². The van der Waals surface area contributed by atoms with Gasteiger partial charge in [-0.05, 0) is 85.0 Å². The summed E-state index contributed by atoms with van der Waals surface area (Å²) >= 11 is 0. The topological polar surface area (TPSA) is 13.1 Å². The number of hydrogen-bond acceptors (Lipinski definition) is 1. The molecule has 0 radical (unpaired) electrons. The predicted molar refractivity (Wildman–Crippen MR) is 182 cm³/mol. The van der Waals surface area contributed by atoms with E-state index in [9.17, 15) is 0 Å². The molecule has 0 fully saturated rings. The monoisotopic (exact) mass is 548 g/mol. The van der Waals surface area contributed by atoms with Crippen molar-refractivity contribution in [2.24, 2.45) is 11.8 Å². The van der Waals surface area contributed by atoms with Gasteiger partial charge in [-0.3, -0.25) is 0 Å². The first-order chi connectivity index (χ1) is 21.3. The summed E-state index contributed by atoms with van der Waals surface area (Å²) in [6.45, 7) is 0. The van der Waals surface area contributed by atoms with E-state index in [0.717, 1.165) is 39.8 Å². The summed E-state index contributed by atoms with van der Waals surface area (Å²) in [6, 6.07) is 42.4. The van der Waals surface area contributed by atoms with Gasteiger partial charge in [-0.15, -0.1) is 0 Å². The van der Waals surface area contributed by atoms with Crippen molar-refractivity contribution in [1.82, 2.24) is 0 Å². The van der Waals surface area contributed by atoms with E-state index >= 15 is 0 Å². The first-order valence-electron chi connectivity index (χ1n) is 15.4. The molecule has 7 aromatic carbocycles. The van der Waals surface area contributed by atoms with Crippen molar-refractivity contribution in [3.8, 4) is 22.3 Å². The summed E-state index contributed by atoms with van der Waals surface area (Å²) < 4.78 is 6.34. The molecular weight excluding hydrogens is 520 g/mol. The van der Waals surface area contributed by atoms with Crippen LogP contribution < -0.4 is 0 Å². The highest BCUT2D eigenvalue weighted by Crippen LogP contribution is 2.45. The number of benzene rings is 7. The molecule has 0 amide bonds. The molecule has 2 unspecified atom stereocenters. The van der Waals surface area contributed by atoms with E-state index in [1.165, 1.54) is 66.6 Å². The second-order valence-electron chi connectivity index (χ2n) is 12.4. The Bertz CT molecular complexity index is 2450. The van der Waals surface area contributed by atoms with Gasteiger partial charge in [0.2, 0.25) is 0 Å². The molecule has 1 aromatic heterocycles. The number of furan rings is 1. The number of rotatable bonds is 3. The van der Waals surface area contributed by atoms with E-state index in [0.29, 0.717) is 5.92 Å². The second-order valence-corrected chi connectivity index (χ2v) is 12.4. The van der Waals surface area contributed by atoms with Gasteiger partial charge in [0, 0.05) is 22.3 Å². The zero-order chi connectivity index (χ0) is 28.1. The van der Waals surface area contributed by atoms with Crippen molar-refractivity contribution in [2.45, 2.75) is 12.8 Å². The summed E-state index contributed by atoms with van der Waals surface area (Å²) in [7, 11) is 0. The number of allylic oxidation sites excluding steroid dienone is 4. The molecule has 8 aromatic rings. The van der Waals surface area contributed by atoms with Crippen LogP contribution in [-0.4, -0.2) is 0 Å². The normalized spacial score (nSPS) is 18.1. The van der Waals surface area contributed by atoms with Gasteiger partial charge >= 0.3 is 0 Å². The van der Waals surface area contributed by atoms with Gasteiger partial charge in [0.15, 0.2) is 0 Å². The first-order valence-corrected chi connectivity index (χ1v) is 15.4. The maximum Gasteiger partial charge on any atom is 0.143 e. The standard InChI is InChI=1S/C42H28O/c1-2-7-39-35(4-1)38-6-3-5-34(42(38)43-39)27-12-10-26(11-13-27)32-20-16-28-19-23-37-33(31-15-9-25-8-14-30(25)24-31)21-17-29-18-22-36(32)40(28)41(29)37/h1-8,10-14,16-25,30H,9,15H2. The minimum atomic E-state index is 0.621. The Morgan fingerprint density at radius 2 is 1.19 bits per heavy atom. The Hall–Kier alpha value is -5.14. The quantitative estimate of drug-likeness (QED) is 0.158. The van der Waals surface area contributed by atoms with E-state index in [4.69, 9.17) is 4.42 Å². The third kappa shape index (κ3) is 3.34. The molecule has 43 heavy (non-hydrogen) atoms. The lowest BCUT2D eigenvalue weighted by atomic mass is 9.72. The molecule has 0 N–H and O–H groups in total. The molecule has 1 heteroatoms. The maximum atomic E-state index is 6.34. The van der Waals surface area contributed by atoms with Crippen LogP contribution in [0.5, 0.6) is 0 Å². The van der Waals surface area contributed by atoms with Crippen LogP contribution >= 0.6 is 0 Å². The Morgan fingerprint density at radius 1 is 0.512 bits per heavy atom. The van der Waals surface area contributed by atoms with Crippen molar-refractivity contribution in [3.05, 3.63) is 139 Å². The average Bonchev–Trinajstić information content (AvgIpc) is 3.43. The number of fused-ring (bicyclic) bond motifs is 4. The lowest BCUT2D eigenvalue weighted by Gasteiger charge is -2.33. The zero-order valence-corrected chi connectivity index (χ0v) is 23.7. The van der Waals surface area contributed by atoms with Crippen LogP contribution in [0, 0.1) is 11.8 Å². The van der Waals surface area contributed by atoms with Crippen LogP contribution in [-0.2, 0) is 0 Å². The molecular formula is C42H28O. The molecule has 1 heterocycles. The Labute approximate surface area is 249 Å². The predicted octanol–water partition coefficient (Wildman–Crippen LogP) is 11.8. The summed E-state index contributed by atoms with van der Waals surface area (Å²) in [4.78, 5) is 0. The summed E-state index contributed by atoms with van der Waals surface area (Å²) in [5.74, 6) is 1.37. The third-order valence-electron chi connectivity index (χ3n) is 10.1. The second kappa shape index (κ2) is 8.69. The fraction of sp³-hybridized carbons (Fsp3) is 0.0952. The molecule has 2 aliphatic carbocycles. The molecule has 0 spiro atoms. The van der Waals surface area contributed by atoms with Gasteiger partial charge in [-0.1, -0.05) is 127 Å². The summed E-state index contributed by atoms with van der Waals surface area (Å²) in [6.07, 6.45) is 9.71. The molecule has 0 bridgehead atoms. The van der Waals surface area contributed by atoms with Crippen LogP contribution in [0.3, 0.4) is 0 Å². The van der Waals surface area contributed by atoms with Crippen molar-refractivity contribution < 1.29 is 4.42 Å². The van der Waals surface area contributed by atoms with Crippen LogP contribution in [0.2, 0.25) is 0 Å². The molecule has 2 atom stereocenters. The van der Waals surface area contributed by atoms with Crippen LogP contribution in [0.1, 0.15) is 18.4 Å². The van der Waals surface area contributed by atoms with Gasteiger partial charge in [-0.25, -0.2) is 0 Å². The van der Waals surface area contributed by atoms with E-state index in [1.807, 2.05) is 12.1 Å². The molecule has 10 rings (SSSR count). The lowest BCUT2D eigenvalue weighted by molar-refractivity contribution is 0.457. The highest BCUT2D eigenvalue weighted by atomic mass is 16.3. The Kier molecular flexibility index (Phi) is 4.73. The van der Waals surface area contributed by atoms with Crippen molar-refractivity contribution in [3.63, 3.8) is 0 Å². The van der Waals surface area contributed by atoms with Crippen molar-refractivity contribution in [1.29, 1.82) is 0 Å². The van der Waals surface area contributed by atoms with Gasteiger partial charge in [0.25, 0.3) is 0 Å². The minimum absolute atomic E-state index is 0.621. The van der Waals surface area contributed by atoms with Gasteiger partial charge in [0.1, 0.15) is 11.2 Å². The van der Waals surface area contributed by atoms with Gasteiger partial charge < -0.3 is 4.42 Å². The molecule has 0 aliphatic heterocycles. The van der Waals surface area contributed by atoms with Crippen molar-refractivity contribution in [2.75, 3.05) is 0 Å². The Balaban J connectivity index is 1.12. The zero-order valence-electron chi connectivity index (χ0n) is 23.7. The largest absolute Gasteiger partial charge is 0.455 e. The van der Waals surface area contributed by atoms with Gasteiger partial charge in [0.05, 0.1) is 0 Å².